The van der Waals surface area contributed by atoms with Crippen LogP contribution in [-0.4, -0.2) is 89.2 Å². The molecule has 12 nitrogen and oxygen atoms in total. The highest BCUT2D eigenvalue weighted by Gasteiger charge is 2.50. The molecule has 0 aromatic heterocycles. The number of aliphatic hydroxyl groups excluding tert-OH is 2. The number of carboxylic acid groups (broad SMARTS) is 1. The Labute approximate surface area is 465 Å². The number of ether oxygens (including phenoxy) is 5. The van der Waals surface area contributed by atoms with Crippen molar-refractivity contribution in [1.29, 1.82) is 0 Å². The Morgan fingerprint density at radius 1 is 0.442 bits per heavy atom. The SMILES string of the molecule is CC/C=C\C/C=C\C/C=C\C/C=C\C/C=C\CCCC(=O)OC1C(OCC(COC(=O)CCCCCCCCC/C=C\CCCCCCCC)OC(=O)CC/C=C\C/C=C\C/C=C\C/C=C\CC)OC(C(=O)O)C(O)C1O. The van der Waals surface area contributed by atoms with E-state index in [0.29, 0.717) is 32.1 Å². The first kappa shape index (κ1) is 70.1. The second kappa shape index (κ2) is 51.9. The summed E-state index contributed by atoms with van der Waals surface area (Å²) in [6.07, 6.45) is 59.1. The molecule has 0 amide bonds. The summed E-state index contributed by atoms with van der Waals surface area (Å²) in [5.74, 6) is -3.33. The molecule has 1 aliphatic heterocycles. The van der Waals surface area contributed by atoms with Crippen LogP contribution in [0.5, 0.6) is 0 Å². The standard InChI is InChI=1S/C65H102O12/c1-4-7-10-13-16-19-22-25-27-29-31-34-36-39-42-45-48-51-57(66)73-54-56(75-58(67)52-49-46-43-40-37-33-24-21-18-15-12-9-6-3)55-74-65-63(61(70)60(69)62(77-65)64(71)72)76-59(68)53-50-47-44-41-38-35-32-30-28-26-23-20-17-14-11-8-5-2/h8-9,11-12,17-18,20-21,25-28,32-33,35,37,41,43-44,46,56,60-63,65,69-70H,4-7,10,13-16,19,22-24,29-31,34,36,38-40,42,45,47-55H2,1-3H3,(H,71,72)/b11-8-,12-9-,20-17-,21-18-,27-25-,28-26-,35-32-,37-33-,44-41-,46-43-. The number of allylic oxidation sites excluding steroid dienone is 20. The monoisotopic (exact) mass is 1070 g/mol. The maximum Gasteiger partial charge on any atom is 0.335 e. The number of carboxylic acids is 1. The summed E-state index contributed by atoms with van der Waals surface area (Å²) >= 11 is 0. The Bertz CT molecular complexity index is 1800. The molecular weight excluding hydrogens is 973 g/mol. The lowest BCUT2D eigenvalue weighted by Gasteiger charge is -2.40. The fourth-order valence-electron chi connectivity index (χ4n) is 8.06. The molecule has 0 aliphatic carbocycles. The zero-order chi connectivity index (χ0) is 56.1. The number of aliphatic carboxylic acids is 1. The van der Waals surface area contributed by atoms with Gasteiger partial charge in [-0.05, 0) is 109 Å². The van der Waals surface area contributed by atoms with Gasteiger partial charge in [-0.3, -0.25) is 14.4 Å². The molecule has 0 bridgehead atoms. The number of carbonyl (C=O) groups is 4. The van der Waals surface area contributed by atoms with E-state index in [9.17, 15) is 34.5 Å². The van der Waals surface area contributed by atoms with Crippen molar-refractivity contribution in [2.24, 2.45) is 0 Å². The molecule has 12 heteroatoms. The lowest BCUT2D eigenvalue weighted by molar-refractivity contribution is -0.301. The van der Waals surface area contributed by atoms with Crippen molar-refractivity contribution in [2.45, 2.75) is 250 Å². The highest BCUT2D eigenvalue weighted by Crippen LogP contribution is 2.26. The molecule has 1 rings (SSSR count). The Balaban J connectivity index is 2.76. The maximum atomic E-state index is 13.1. The molecule has 1 fully saturated rings. The minimum atomic E-state index is -1.94. The number of aliphatic hydroxyl groups is 2. The van der Waals surface area contributed by atoms with Gasteiger partial charge in [0.2, 0.25) is 0 Å². The Morgan fingerprint density at radius 2 is 0.857 bits per heavy atom. The third-order valence-corrected chi connectivity index (χ3v) is 12.5. The van der Waals surface area contributed by atoms with Gasteiger partial charge < -0.3 is 39.0 Å². The molecule has 1 saturated heterocycles. The Morgan fingerprint density at radius 3 is 1.35 bits per heavy atom. The minimum Gasteiger partial charge on any atom is -0.479 e. The first-order valence-electron chi connectivity index (χ1n) is 29.5. The molecule has 6 unspecified atom stereocenters. The van der Waals surface area contributed by atoms with Crippen LogP contribution in [0.15, 0.2) is 122 Å². The third kappa shape index (κ3) is 41.8. The van der Waals surface area contributed by atoms with Gasteiger partial charge in [-0.1, -0.05) is 206 Å². The van der Waals surface area contributed by atoms with Crippen LogP contribution in [0.1, 0.15) is 213 Å². The topological polar surface area (TPSA) is 175 Å². The van der Waals surface area contributed by atoms with Crippen LogP contribution in [0, 0.1) is 0 Å². The van der Waals surface area contributed by atoms with Crippen molar-refractivity contribution in [1.82, 2.24) is 0 Å². The smallest absolute Gasteiger partial charge is 0.335 e. The van der Waals surface area contributed by atoms with Crippen molar-refractivity contribution in [3.8, 4) is 0 Å². The number of hydrogen-bond donors (Lipinski definition) is 3. The summed E-state index contributed by atoms with van der Waals surface area (Å²) < 4.78 is 28.3. The van der Waals surface area contributed by atoms with Crippen LogP contribution >= 0.6 is 0 Å². The van der Waals surface area contributed by atoms with E-state index in [0.717, 1.165) is 83.5 Å². The predicted octanol–water partition coefficient (Wildman–Crippen LogP) is 15.2. The van der Waals surface area contributed by atoms with Gasteiger partial charge in [0, 0.05) is 19.3 Å². The molecule has 0 aromatic carbocycles. The van der Waals surface area contributed by atoms with Crippen molar-refractivity contribution < 1.29 is 58.2 Å². The largest absolute Gasteiger partial charge is 0.479 e. The first-order chi connectivity index (χ1) is 37.6. The number of unbranched alkanes of at least 4 members (excludes halogenated alkanes) is 14. The van der Waals surface area contributed by atoms with E-state index in [-0.39, 0.29) is 25.9 Å². The van der Waals surface area contributed by atoms with Crippen molar-refractivity contribution in [2.75, 3.05) is 13.2 Å². The van der Waals surface area contributed by atoms with Gasteiger partial charge in [0.05, 0.1) is 6.61 Å². The van der Waals surface area contributed by atoms with E-state index >= 15 is 0 Å². The van der Waals surface area contributed by atoms with Gasteiger partial charge in [0.1, 0.15) is 18.8 Å². The summed E-state index contributed by atoms with van der Waals surface area (Å²) in [7, 11) is 0. The molecule has 0 saturated carbocycles. The van der Waals surface area contributed by atoms with Crippen LogP contribution in [0.25, 0.3) is 0 Å². The lowest BCUT2D eigenvalue weighted by Crippen LogP contribution is -2.61. The molecule has 1 heterocycles. The average molecular weight is 1080 g/mol. The fraction of sp³-hybridized carbons (Fsp3) is 0.631. The Hall–Kier alpha value is -4.88. The molecule has 0 aromatic rings. The number of carbonyl (C=O) groups excluding carboxylic acids is 3. The quantitative estimate of drug-likeness (QED) is 0.0228. The summed E-state index contributed by atoms with van der Waals surface area (Å²) in [5.41, 5.74) is 0. The van der Waals surface area contributed by atoms with Crippen molar-refractivity contribution >= 4 is 23.9 Å². The van der Waals surface area contributed by atoms with E-state index in [1.807, 2.05) is 24.3 Å². The first-order valence-corrected chi connectivity index (χ1v) is 29.5. The second-order valence-electron chi connectivity index (χ2n) is 19.5. The minimum absolute atomic E-state index is 0.0282. The number of hydrogen-bond acceptors (Lipinski definition) is 11. The average Bonchev–Trinajstić information content (AvgIpc) is 3.42. The fourth-order valence-corrected chi connectivity index (χ4v) is 8.06. The normalized spacial score (nSPS) is 18.9. The highest BCUT2D eigenvalue weighted by molar-refractivity contribution is 5.74. The van der Waals surface area contributed by atoms with Gasteiger partial charge in [-0.15, -0.1) is 0 Å². The van der Waals surface area contributed by atoms with Crippen LogP contribution in [-0.2, 0) is 42.9 Å². The zero-order valence-electron chi connectivity index (χ0n) is 47.7. The predicted molar refractivity (Wildman–Crippen MR) is 312 cm³/mol. The second-order valence-corrected chi connectivity index (χ2v) is 19.5. The van der Waals surface area contributed by atoms with E-state index in [4.69, 9.17) is 23.7 Å². The van der Waals surface area contributed by atoms with Crippen LogP contribution in [0.2, 0.25) is 0 Å². The van der Waals surface area contributed by atoms with E-state index in [1.165, 1.54) is 57.8 Å². The summed E-state index contributed by atoms with van der Waals surface area (Å²) in [4.78, 5) is 51.1. The maximum absolute atomic E-state index is 13.1. The van der Waals surface area contributed by atoms with E-state index < -0.39 is 67.3 Å². The third-order valence-electron chi connectivity index (χ3n) is 12.5. The van der Waals surface area contributed by atoms with Gasteiger partial charge in [-0.25, -0.2) is 4.79 Å². The highest BCUT2D eigenvalue weighted by atomic mass is 16.7. The van der Waals surface area contributed by atoms with Crippen molar-refractivity contribution in [3.05, 3.63) is 122 Å². The van der Waals surface area contributed by atoms with Gasteiger partial charge in [-0.2, -0.15) is 0 Å². The molecule has 1 aliphatic rings. The molecule has 77 heavy (non-hydrogen) atoms. The number of rotatable bonds is 48. The summed E-state index contributed by atoms with van der Waals surface area (Å²) in [6.45, 7) is 5.65. The lowest BCUT2D eigenvalue weighted by atomic mass is 9.98. The van der Waals surface area contributed by atoms with E-state index in [1.54, 1.807) is 0 Å². The van der Waals surface area contributed by atoms with Crippen LogP contribution in [0.4, 0.5) is 0 Å². The van der Waals surface area contributed by atoms with Crippen molar-refractivity contribution in [3.63, 3.8) is 0 Å². The molecule has 0 spiro atoms. The summed E-state index contributed by atoms with van der Waals surface area (Å²) in [6, 6.07) is 0. The van der Waals surface area contributed by atoms with Crippen LogP contribution < -0.4 is 0 Å². The van der Waals surface area contributed by atoms with Gasteiger partial charge in [0.15, 0.2) is 24.6 Å². The zero-order valence-corrected chi connectivity index (χ0v) is 47.7. The molecule has 434 valence electrons. The van der Waals surface area contributed by atoms with Gasteiger partial charge >= 0.3 is 23.9 Å². The van der Waals surface area contributed by atoms with E-state index in [2.05, 4.69) is 118 Å². The molecular formula is C65H102O12. The molecule has 0 radical (unpaired) electrons. The van der Waals surface area contributed by atoms with Crippen LogP contribution in [0.3, 0.4) is 0 Å². The molecule has 6 atom stereocenters. The Kier molecular flexibility index (Phi) is 47.2. The van der Waals surface area contributed by atoms with Gasteiger partial charge in [0.25, 0.3) is 0 Å². The molecule has 3 N–H and O–H groups in total. The number of esters is 3. The summed E-state index contributed by atoms with van der Waals surface area (Å²) in [5, 5.41) is 31.5.